The number of anilines is 3. The van der Waals surface area contributed by atoms with Crippen LogP contribution in [0.1, 0.15) is 33.4 Å². The van der Waals surface area contributed by atoms with Crippen LogP contribution in [0.25, 0.3) is 0 Å². The quantitative estimate of drug-likeness (QED) is 0.771. The van der Waals surface area contributed by atoms with E-state index in [1.54, 1.807) is 6.07 Å². The number of nitrogens with one attached hydrogen (secondary N) is 3. The summed E-state index contributed by atoms with van der Waals surface area (Å²) in [5, 5.41) is 11.7. The highest BCUT2D eigenvalue weighted by atomic mass is 19.1. The Balaban J connectivity index is 1.94. The Labute approximate surface area is 145 Å². The lowest BCUT2D eigenvalue weighted by Crippen LogP contribution is -2.21. The first-order valence-electron chi connectivity index (χ1n) is 7.73. The number of halogens is 1. The van der Waals surface area contributed by atoms with Gasteiger partial charge in [0.1, 0.15) is 5.82 Å². The lowest BCUT2D eigenvalue weighted by Gasteiger charge is -2.12. The van der Waals surface area contributed by atoms with Gasteiger partial charge in [0.2, 0.25) is 17.7 Å². The van der Waals surface area contributed by atoms with Gasteiger partial charge in [-0.25, -0.2) is 4.39 Å². The van der Waals surface area contributed by atoms with E-state index in [-0.39, 0.29) is 35.3 Å². The molecule has 2 aromatic rings. The predicted molar refractivity (Wildman–Crippen MR) is 93.0 cm³/mol. The summed E-state index contributed by atoms with van der Waals surface area (Å²) in [7, 11) is 0. The van der Waals surface area contributed by atoms with E-state index in [4.69, 9.17) is 4.52 Å². The number of benzene rings is 1. The molecule has 0 spiro atoms. The molecule has 7 nitrogen and oxygen atoms in total. The molecule has 1 heterocycles. The zero-order valence-electron chi connectivity index (χ0n) is 14.6. The highest BCUT2D eigenvalue weighted by Gasteiger charge is 2.19. The van der Waals surface area contributed by atoms with Crippen molar-refractivity contribution < 1.29 is 18.5 Å². The van der Waals surface area contributed by atoms with Crippen molar-refractivity contribution in [2.75, 3.05) is 22.5 Å². The van der Waals surface area contributed by atoms with Crippen molar-refractivity contribution in [3.63, 3.8) is 0 Å². The summed E-state index contributed by atoms with van der Waals surface area (Å²) in [6.45, 7) is 7.19. The topological polar surface area (TPSA) is 96.3 Å². The molecule has 8 heteroatoms. The Bertz CT molecular complexity index is 780. The molecule has 134 valence electrons. The molecular formula is C17H21FN4O3. The molecule has 1 aromatic heterocycles. The number of hydrogen-bond acceptors (Lipinski definition) is 5. The lowest BCUT2D eigenvalue weighted by atomic mass is 9.92. The van der Waals surface area contributed by atoms with Crippen LogP contribution in [-0.2, 0) is 15.0 Å². The van der Waals surface area contributed by atoms with Crippen molar-refractivity contribution in [3.8, 4) is 0 Å². The van der Waals surface area contributed by atoms with Crippen molar-refractivity contribution in [2.45, 2.75) is 33.1 Å². The van der Waals surface area contributed by atoms with Gasteiger partial charge < -0.3 is 15.2 Å². The van der Waals surface area contributed by atoms with E-state index < -0.39 is 5.82 Å². The zero-order chi connectivity index (χ0) is 18.6. The van der Waals surface area contributed by atoms with Gasteiger partial charge in [-0.3, -0.25) is 14.9 Å². The van der Waals surface area contributed by atoms with E-state index in [0.29, 0.717) is 5.69 Å². The first-order valence-corrected chi connectivity index (χ1v) is 7.73. The fourth-order valence-corrected chi connectivity index (χ4v) is 1.97. The summed E-state index contributed by atoms with van der Waals surface area (Å²) >= 11 is 0. The lowest BCUT2D eigenvalue weighted by molar-refractivity contribution is -0.115. The Morgan fingerprint density at radius 3 is 2.52 bits per heavy atom. The third-order valence-corrected chi connectivity index (χ3v) is 3.27. The minimum Gasteiger partial charge on any atom is -0.376 e. The van der Waals surface area contributed by atoms with Gasteiger partial charge in [0.15, 0.2) is 0 Å². The first-order chi connectivity index (χ1) is 11.6. The highest BCUT2D eigenvalue weighted by Crippen LogP contribution is 2.23. The number of rotatable bonds is 5. The molecule has 0 bridgehead atoms. The van der Waals surface area contributed by atoms with E-state index in [1.807, 2.05) is 20.8 Å². The van der Waals surface area contributed by atoms with E-state index in [0.717, 1.165) is 5.69 Å². The van der Waals surface area contributed by atoms with Gasteiger partial charge in [-0.2, -0.15) is 0 Å². The molecule has 0 aliphatic rings. The van der Waals surface area contributed by atoms with Crippen molar-refractivity contribution in [1.82, 2.24) is 5.16 Å². The maximum Gasteiger partial charge on any atom is 0.246 e. The molecule has 0 aliphatic carbocycles. The Morgan fingerprint density at radius 1 is 1.20 bits per heavy atom. The summed E-state index contributed by atoms with van der Waals surface area (Å²) in [6, 6.07) is 5.76. The number of carbonyl (C=O) groups excluding carboxylic acids is 2. The Kier molecular flexibility index (Phi) is 5.41. The van der Waals surface area contributed by atoms with Crippen LogP contribution in [0.4, 0.5) is 21.6 Å². The normalized spacial score (nSPS) is 11.1. The molecule has 2 rings (SSSR count). The maximum absolute atomic E-state index is 13.6. The molecule has 3 N–H and O–H groups in total. The van der Waals surface area contributed by atoms with Crippen LogP contribution in [0.15, 0.2) is 28.8 Å². The number of carbonyl (C=O) groups is 2. The molecule has 0 saturated heterocycles. The number of hydrogen-bond donors (Lipinski definition) is 3. The van der Waals surface area contributed by atoms with Gasteiger partial charge in [-0.05, 0) is 18.2 Å². The van der Waals surface area contributed by atoms with Gasteiger partial charge in [-0.15, -0.1) is 0 Å². The van der Waals surface area contributed by atoms with E-state index in [9.17, 15) is 14.0 Å². The number of amides is 2. The summed E-state index contributed by atoms with van der Waals surface area (Å²) < 4.78 is 18.7. The minimum absolute atomic E-state index is 0.0444. The molecule has 1 aromatic carbocycles. The summed E-state index contributed by atoms with van der Waals surface area (Å²) in [5.41, 5.74) is 1.09. The molecule has 2 amide bonds. The smallest absolute Gasteiger partial charge is 0.246 e. The van der Waals surface area contributed by atoms with Gasteiger partial charge in [0.05, 0.1) is 17.9 Å². The second-order valence-electron chi connectivity index (χ2n) is 6.60. The first kappa shape index (κ1) is 18.4. The van der Waals surface area contributed by atoms with Crippen molar-refractivity contribution in [2.24, 2.45) is 0 Å². The van der Waals surface area contributed by atoms with Crippen molar-refractivity contribution in [1.29, 1.82) is 0 Å². The highest BCUT2D eigenvalue weighted by molar-refractivity contribution is 5.93. The number of aromatic nitrogens is 1. The third kappa shape index (κ3) is 5.30. The molecule has 0 atom stereocenters. The van der Waals surface area contributed by atoms with Crippen LogP contribution < -0.4 is 16.0 Å². The zero-order valence-corrected chi connectivity index (χ0v) is 14.6. The minimum atomic E-state index is -0.554. The summed E-state index contributed by atoms with van der Waals surface area (Å²) in [5.74, 6) is -1.02. The molecule has 0 saturated carbocycles. The van der Waals surface area contributed by atoms with E-state index in [2.05, 4.69) is 21.1 Å². The third-order valence-electron chi connectivity index (χ3n) is 3.27. The van der Waals surface area contributed by atoms with E-state index >= 15 is 0 Å². The number of nitrogens with zero attached hydrogens (tertiary/aromatic N) is 1. The fraction of sp³-hybridized carbons (Fsp3) is 0.353. The molecule has 25 heavy (non-hydrogen) atoms. The Hall–Kier alpha value is -2.90. The molecule has 0 fully saturated rings. The van der Waals surface area contributed by atoms with Gasteiger partial charge >= 0.3 is 0 Å². The molecule has 0 aliphatic heterocycles. The van der Waals surface area contributed by atoms with Crippen LogP contribution in [0.3, 0.4) is 0 Å². The largest absolute Gasteiger partial charge is 0.376 e. The van der Waals surface area contributed by atoms with Gasteiger partial charge in [-0.1, -0.05) is 25.9 Å². The van der Waals surface area contributed by atoms with Crippen LogP contribution in [0, 0.1) is 5.82 Å². The fourth-order valence-electron chi connectivity index (χ4n) is 1.97. The van der Waals surface area contributed by atoms with Crippen molar-refractivity contribution in [3.05, 3.63) is 35.8 Å². The molecule has 0 unspecified atom stereocenters. The van der Waals surface area contributed by atoms with Crippen LogP contribution in [-0.4, -0.2) is 23.5 Å². The molecular weight excluding hydrogens is 327 g/mol. The average molecular weight is 348 g/mol. The van der Waals surface area contributed by atoms with Crippen molar-refractivity contribution >= 4 is 29.1 Å². The second kappa shape index (κ2) is 7.33. The second-order valence-corrected chi connectivity index (χ2v) is 6.60. The summed E-state index contributed by atoms with van der Waals surface area (Å²) in [4.78, 5) is 23.0. The molecule has 0 radical (unpaired) electrons. The van der Waals surface area contributed by atoms with Crippen LogP contribution in [0.5, 0.6) is 0 Å². The van der Waals surface area contributed by atoms with Crippen LogP contribution in [0.2, 0.25) is 0 Å². The van der Waals surface area contributed by atoms with Gasteiger partial charge in [0, 0.05) is 24.1 Å². The Morgan fingerprint density at radius 2 is 1.92 bits per heavy atom. The summed E-state index contributed by atoms with van der Waals surface area (Å²) in [6.07, 6.45) is 0. The predicted octanol–water partition coefficient (Wildman–Crippen LogP) is 3.12. The van der Waals surface area contributed by atoms with E-state index in [1.165, 1.54) is 25.1 Å². The van der Waals surface area contributed by atoms with Gasteiger partial charge in [0.25, 0.3) is 0 Å². The maximum atomic E-state index is 13.6. The van der Waals surface area contributed by atoms with Crippen LogP contribution >= 0.6 is 0 Å². The monoisotopic (exact) mass is 348 g/mol. The SMILES string of the molecule is CC(=O)Nc1cc(NCC(=O)Nc2cc(C(C)(C)C)no2)ccc1F. The average Bonchev–Trinajstić information content (AvgIpc) is 2.96. The standard InChI is InChI=1S/C17H21FN4O3/c1-10(23)20-13-7-11(5-6-12(13)18)19-9-15(24)21-16-8-14(22-25-16)17(2,3)4/h5-8,19H,9H2,1-4H3,(H,20,23)(H,21,24).